The van der Waals surface area contributed by atoms with Gasteiger partial charge in [-0.3, -0.25) is 0 Å². The van der Waals surface area contributed by atoms with Crippen molar-refractivity contribution >= 4 is 11.6 Å². The van der Waals surface area contributed by atoms with Crippen LogP contribution < -0.4 is 0 Å². The second-order valence-corrected chi connectivity index (χ2v) is 3.01. The third kappa shape index (κ3) is 6.12. The van der Waals surface area contributed by atoms with Gasteiger partial charge in [0.05, 0.1) is 19.3 Å². The van der Waals surface area contributed by atoms with Crippen molar-refractivity contribution in [2.75, 3.05) is 13.2 Å². The van der Waals surface area contributed by atoms with Gasteiger partial charge in [0.2, 0.25) is 0 Å². The minimum absolute atomic E-state index is 0.0170. The molecule has 0 saturated carbocycles. The molecule has 0 aromatic carbocycles. The second kappa shape index (κ2) is 5.67. The number of rotatable bonds is 6. The average molecular weight is 221 g/mol. The fourth-order valence-corrected chi connectivity index (χ4v) is 0.588. The number of hydrogen-bond donors (Lipinski definition) is 0. The average Bonchev–Trinajstić information content (AvgIpc) is 1.97. The Morgan fingerprint density at radius 3 is 2.23 bits per heavy atom. The van der Waals surface area contributed by atoms with Crippen LogP contribution in [0.3, 0.4) is 0 Å². The Bertz CT molecular complexity index is 142. The number of halogens is 4. The van der Waals surface area contributed by atoms with Crippen LogP contribution in [0.25, 0.3) is 0 Å². The summed E-state index contributed by atoms with van der Waals surface area (Å²) in [6.07, 6.45) is -4.02. The molecule has 0 N–H and O–H groups in total. The highest BCUT2D eigenvalue weighted by molar-refractivity contribution is 6.20. The van der Waals surface area contributed by atoms with Gasteiger partial charge in [0.15, 0.2) is 0 Å². The lowest BCUT2D eigenvalue weighted by Gasteiger charge is -2.16. The van der Waals surface area contributed by atoms with Crippen LogP contribution >= 0.6 is 11.6 Å². The first-order chi connectivity index (χ1) is 5.86. The molecule has 0 amide bonds. The molecule has 0 aliphatic heterocycles. The SMILES string of the molecule is CC(C)OCCOC(F)(F)C(F)Cl. The molecule has 13 heavy (non-hydrogen) atoms. The van der Waals surface area contributed by atoms with Crippen LogP contribution in [0.1, 0.15) is 13.8 Å². The number of hydrogen-bond acceptors (Lipinski definition) is 2. The minimum Gasteiger partial charge on any atom is -0.376 e. The van der Waals surface area contributed by atoms with E-state index in [9.17, 15) is 13.2 Å². The fourth-order valence-electron chi connectivity index (χ4n) is 0.525. The monoisotopic (exact) mass is 220 g/mol. The van der Waals surface area contributed by atoms with Gasteiger partial charge in [-0.1, -0.05) is 11.6 Å². The molecule has 6 heteroatoms. The van der Waals surface area contributed by atoms with E-state index in [1.54, 1.807) is 13.8 Å². The maximum absolute atomic E-state index is 12.3. The molecule has 0 aromatic heterocycles. The van der Waals surface area contributed by atoms with E-state index in [0.717, 1.165) is 0 Å². The summed E-state index contributed by atoms with van der Waals surface area (Å²) in [7, 11) is 0. The van der Waals surface area contributed by atoms with Crippen LogP contribution in [0.4, 0.5) is 13.2 Å². The van der Waals surface area contributed by atoms with Gasteiger partial charge >= 0.3 is 6.11 Å². The topological polar surface area (TPSA) is 18.5 Å². The molecule has 1 unspecified atom stereocenters. The lowest BCUT2D eigenvalue weighted by Crippen LogP contribution is -2.31. The minimum atomic E-state index is -3.94. The van der Waals surface area contributed by atoms with E-state index in [0.29, 0.717) is 0 Å². The smallest absolute Gasteiger partial charge is 0.376 e. The number of ether oxygens (including phenoxy) is 2. The van der Waals surface area contributed by atoms with Crippen molar-refractivity contribution in [2.24, 2.45) is 0 Å². The maximum Gasteiger partial charge on any atom is 0.401 e. The first-order valence-electron chi connectivity index (χ1n) is 3.77. The zero-order valence-corrected chi connectivity index (χ0v) is 8.15. The predicted octanol–water partition coefficient (Wildman–Crippen LogP) is 2.56. The van der Waals surface area contributed by atoms with Crippen LogP contribution in [0.15, 0.2) is 0 Å². The van der Waals surface area contributed by atoms with Gasteiger partial charge in [0.25, 0.3) is 5.63 Å². The summed E-state index contributed by atoms with van der Waals surface area (Å²) in [5.74, 6) is 0. The first-order valence-corrected chi connectivity index (χ1v) is 4.21. The third-order valence-corrected chi connectivity index (χ3v) is 1.34. The standard InChI is InChI=1S/C7H12ClF3O2/c1-5(2)12-3-4-13-7(10,11)6(8)9/h5-6H,3-4H2,1-2H3. The second-order valence-electron chi connectivity index (χ2n) is 2.63. The Balaban J connectivity index is 3.52. The van der Waals surface area contributed by atoms with Gasteiger partial charge in [-0.25, -0.2) is 4.39 Å². The quantitative estimate of drug-likeness (QED) is 0.506. The first kappa shape index (κ1) is 13.0. The Morgan fingerprint density at radius 2 is 1.85 bits per heavy atom. The van der Waals surface area contributed by atoms with Crippen molar-refractivity contribution in [2.45, 2.75) is 31.7 Å². The maximum atomic E-state index is 12.3. The van der Waals surface area contributed by atoms with Crippen molar-refractivity contribution in [3.05, 3.63) is 0 Å². The van der Waals surface area contributed by atoms with Crippen molar-refractivity contribution in [1.29, 1.82) is 0 Å². The highest BCUT2D eigenvalue weighted by Crippen LogP contribution is 2.25. The molecule has 0 heterocycles. The zero-order valence-electron chi connectivity index (χ0n) is 7.40. The molecule has 0 saturated heterocycles. The summed E-state index contributed by atoms with van der Waals surface area (Å²) >= 11 is 4.53. The van der Waals surface area contributed by atoms with E-state index in [-0.39, 0.29) is 12.7 Å². The summed E-state index contributed by atoms with van der Waals surface area (Å²) < 4.78 is 45.3. The fraction of sp³-hybridized carbons (Fsp3) is 1.00. The lowest BCUT2D eigenvalue weighted by atomic mass is 10.5. The normalized spacial score (nSPS) is 15.0. The molecule has 0 aromatic rings. The van der Waals surface area contributed by atoms with E-state index in [1.165, 1.54) is 0 Å². The lowest BCUT2D eigenvalue weighted by molar-refractivity contribution is -0.261. The Labute approximate surface area is 80.0 Å². The van der Waals surface area contributed by atoms with Crippen molar-refractivity contribution in [3.63, 3.8) is 0 Å². The number of alkyl halides is 4. The Morgan fingerprint density at radius 1 is 1.31 bits per heavy atom. The molecular weight excluding hydrogens is 209 g/mol. The molecule has 2 nitrogen and oxygen atoms in total. The molecule has 0 bridgehead atoms. The molecule has 0 spiro atoms. The molecule has 80 valence electrons. The van der Waals surface area contributed by atoms with E-state index in [1.807, 2.05) is 0 Å². The highest BCUT2D eigenvalue weighted by Gasteiger charge is 2.40. The van der Waals surface area contributed by atoms with Crippen LogP contribution in [-0.4, -0.2) is 31.1 Å². The van der Waals surface area contributed by atoms with E-state index in [2.05, 4.69) is 16.3 Å². The van der Waals surface area contributed by atoms with E-state index < -0.39 is 18.3 Å². The molecule has 0 radical (unpaired) electrons. The molecule has 0 fully saturated rings. The van der Waals surface area contributed by atoms with Crippen LogP contribution in [0.5, 0.6) is 0 Å². The Hall–Kier alpha value is -0.0000000000000000555. The summed E-state index contributed by atoms with van der Waals surface area (Å²) in [5, 5.41) is 0. The molecule has 1 atom stereocenters. The highest BCUT2D eigenvalue weighted by atomic mass is 35.5. The van der Waals surface area contributed by atoms with Gasteiger partial charge in [0.1, 0.15) is 0 Å². The van der Waals surface area contributed by atoms with Gasteiger partial charge in [-0.15, -0.1) is 0 Å². The van der Waals surface area contributed by atoms with Crippen molar-refractivity contribution < 1.29 is 22.6 Å². The van der Waals surface area contributed by atoms with Gasteiger partial charge in [0, 0.05) is 0 Å². The van der Waals surface area contributed by atoms with Crippen LogP contribution in [0, 0.1) is 0 Å². The van der Waals surface area contributed by atoms with Gasteiger partial charge in [-0.05, 0) is 13.8 Å². The van der Waals surface area contributed by atoms with Gasteiger partial charge < -0.3 is 9.47 Å². The predicted molar refractivity (Wildman–Crippen MR) is 42.7 cm³/mol. The largest absolute Gasteiger partial charge is 0.401 e. The van der Waals surface area contributed by atoms with Gasteiger partial charge in [-0.2, -0.15) is 8.78 Å². The van der Waals surface area contributed by atoms with Crippen molar-refractivity contribution in [3.8, 4) is 0 Å². The van der Waals surface area contributed by atoms with E-state index >= 15 is 0 Å². The van der Waals surface area contributed by atoms with Crippen molar-refractivity contribution in [1.82, 2.24) is 0 Å². The van der Waals surface area contributed by atoms with Crippen LogP contribution in [0.2, 0.25) is 0 Å². The summed E-state index contributed by atoms with van der Waals surface area (Å²) in [5.41, 5.74) is -2.83. The van der Waals surface area contributed by atoms with E-state index in [4.69, 9.17) is 4.74 Å². The third-order valence-electron chi connectivity index (χ3n) is 1.08. The molecule has 0 aliphatic rings. The molecular formula is C7H12ClF3O2. The summed E-state index contributed by atoms with van der Waals surface area (Å²) in [6, 6.07) is 0. The summed E-state index contributed by atoms with van der Waals surface area (Å²) in [6.45, 7) is 3.09. The summed E-state index contributed by atoms with van der Waals surface area (Å²) in [4.78, 5) is 0. The molecule has 0 aliphatic carbocycles. The Kier molecular flexibility index (Phi) is 5.67. The van der Waals surface area contributed by atoms with Crippen LogP contribution in [-0.2, 0) is 9.47 Å². The molecule has 0 rings (SSSR count). The zero-order chi connectivity index (χ0) is 10.5.